The van der Waals surface area contributed by atoms with Crippen molar-refractivity contribution in [2.45, 2.75) is 27.7 Å². The second kappa shape index (κ2) is 7.61. The summed E-state index contributed by atoms with van der Waals surface area (Å²) in [6, 6.07) is 25.9. The first-order valence-corrected chi connectivity index (χ1v) is 7.97. The maximum atomic E-state index is 2.26. The fourth-order valence-corrected chi connectivity index (χ4v) is 2.41. The molecule has 3 aromatic rings. The third-order valence-electron chi connectivity index (χ3n) is 3.83. The Morgan fingerprint density at radius 3 is 1.45 bits per heavy atom. The Morgan fingerprint density at radius 1 is 0.455 bits per heavy atom. The van der Waals surface area contributed by atoms with Gasteiger partial charge in [-0.1, -0.05) is 86.6 Å². The molecule has 0 nitrogen and oxygen atoms in total. The summed E-state index contributed by atoms with van der Waals surface area (Å²) in [5.74, 6) is 0. The van der Waals surface area contributed by atoms with E-state index in [4.69, 9.17) is 0 Å². The van der Waals surface area contributed by atoms with Crippen LogP contribution in [-0.4, -0.2) is 0 Å². The van der Waals surface area contributed by atoms with E-state index in [2.05, 4.69) is 80.6 Å². The van der Waals surface area contributed by atoms with Gasteiger partial charge in [0.1, 0.15) is 0 Å². The molecule has 0 heterocycles. The first kappa shape index (κ1) is 16.0. The molecular formula is C22H24. The smallest absolute Gasteiger partial charge is 0.0181 e. The number of hydrogen-bond donors (Lipinski definition) is 0. The van der Waals surface area contributed by atoms with Crippen molar-refractivity contribution in [1.29, 1.82) is 0 Å². The molecule has 0 saturated carbocycles. The van der Waals surface area contributed by atoms with Crippen molar-refractivity contribution in [2.75, 3.05) is 0 Å². The SMILES string of the molecule is CC.Cc1ccc(-c2ccc(-c3ccccc3)cc2)cc1C. The van der Waals surface area contributed by atoms with Crippen LogP contribution >= 0.6 is 0 Å². The average Bonchev–Trinajstić information content (AvgIpc) is 2.60. The van der Waals surface area contributed by atoms with Gasteiger partial charge in [0.15, 0.2) is 0 Å². The van der Waals surface area contributed by atoms with E-state index in [0.717, 1.165) is 0 Å². The lowest BCUT2D eigenvalue weighted by molar-refractivity contribution is 1.34. The number of rotatable bonds is 2. The maximum Gasteiger partial charge on any atom is -0.0181 e. The summed E-state index contributed by atoms with van der Waals surface area (Å²) in [6.07, 6.45) is 0. The van der Waals surface area contributed by atoms with E-state index >= 15 is 0 Å². The summed E-state index contributed by atoms with van der Waals surface area (Å²) in [4.78, 5) is 0. The van der Waals surface area contributed by atoms with Crippen LogP contribution in [0.15, 0.2) is 72.8 Å². The Morgan fingerprint density at radius 2 is 0.909 bits per heavy atom. The van der Waals surface area contributed by atoms with Crippen LogP contribution in [0.2, 0.25) is 0 Å². The molecule has 3 aromatic carbocycles. The topological polar surface area (TPSA) is 0 Å². The number of benzene rings is 3. The van der Waals surface area contributed by atoms with Crippen molar-refractivity contribution in [1.82, 2.24) is 0 Å². The first-order valence-electron chi connectivity index (χ1n) is 7.97. The highest BCUT2D eigenvalue weighted by Gasteiger charge is 2.01. The maximum absolute atomic E-state index is 2.26. The van der Waals surface area contributed by atoms with Gasteiger partial charge in [-0.25, -0.2) is 0 Å². The van der Waals surface area contributed by atoms with Crippen LogP contribution in [0.3, 0.4) is 0 Å². The summed E-state index contributed by atoms with van der Waals surface area (Å²) in [5.41, 5.74) is 7.77. The van der Waals surface area contributed by atoms with Crippen LogP contribution in [0.1, 0.15) is 25.0 Å². The number of hydrogen-bond acceptors (Lipinski definition) is 0. The highest BCUT2D eigenvalue weighted by molar-refractivity contribution is 5.70. The first-order chi connectivity index (χ1) is 10.7. The normalized spacial score (nSPS) is 9.82. The predicted octanol–water partition coefficient (Wildman–Crippen LogP) is 6.66. The molecule has 0 bridgehead atoms. The van der Waals surface area contributed by atoms with E-state index < -0.39 is 0 Å². The molecule has 0 radical (unpaired) electrons. The number of aryl methyl sites for hydroxylation is 2. The van der Waals surface area contributed by atoms with Crippen LogP contribution in [0.5, 0.6) is 0 Å². The highest BCUT2D eigenvalue weighted by atomic mass is 14.1. The zero-order chi connectivity index (χ0) is 15.9. The zero-order valence-electron chi connectivity index (χ0n) is 13.9. The van der Waals surface area contributed by atoms with Crippen molar-refractivity contribution < 1.29 is 0 Å². The highest BCUT2D eigenvalue weighted by Crippen LogP contribution is 2.26. The molecule has 112 valence electrons. The summed E-state index contributed by atoms with van der Waals surface area (Å²) in [6.45, 7) is 8.31. The molecular weight excluding hydrogens is 264 g/mol. The molecule has 3 rings (SSSR count). The van der Waals surface area contributed by atoms with E-state index in [9.17, 15) is 0 Å². The lowest BCUT2D eigenvalue weighted by Gasteiger charge is -2.07. The van der Waals surface area contributed by atoms with Crippen LogP contribution in [0, 0.1) is 13.8 Å². The van der Waals surface area contributed by atoms with E-state index in [1.54, 1.807) is 0 Å². The minimum absolute atomic E-state index is 1.26. The third kappa shape index (κ3) is 3.65. The lowest BCUT2D eigenvalue weighted by Crippen LogP contribution is -1.84. The van der Waals surface area contributed by atoms with Crippen LogP contribution < -0.4 is 0 Å². The van der Waals surface area contributed by atoms with Gasteiger partial charge in [0.05, 0.1) is 0 Å². The van der Waals surface area contributed by atoms with Crippen LogP contribution in [0.25, 0.3) is 22.3 Å². The van der Waals surface area contributed by atoms with Crippen molar-refractivity contribution in [3.05, 3.63) is 83.9 Å². The van der Waals surface area contributed by atoms with Crippen molar-refractivity contribution in [3.63, 3.8) is 0 Å². The fraction of sp³-hybridized carbons (Fsp3) is 0.182. The summed E-state index contributed by atoms with van der Waals surface area (Å²) in [5, 5.41) is 0. The zero-order valence-corrected chi connectivity index (χ0v) is 13.9. The Bertz CT molecular complexity index is 707. The van der Waals surface area contributed by atoms with E-state index in [1.165, 1.54) is 33.4 Å². The average molecular weight is 288 g/mol. The second-order valence-electron chi connectivity index (χ2n) is 5.24. The molecule has 0 heteroatoms. The van der Waals surface area contributed by atoms with Crippen LogP contribution in [-0.2, 0) is 0 Å². The summed E-state index contributed by atoms with van der Waals surface area (Å²) in [7, 11) is 0. The molecule has 0 N–H and O–H groups in total. The van der Waals surface area contributed by atoms with Gasteiger partial charge < -0.3 is 0 Å². The molecule has 0 unspecified atom stereocenters. The Kier molecular flexibility index (Phi) is 5.55. The van der Waals surface area contributed by atoms with Gasteiger partial charge >= 0.3 is 0 Å². The third-order valence-corrected chi connectivity index (χ3v) is 3.83. The molecule has 0 aliphatic rings. The van der Waals surface area contributed by atoms with Gasteiger partial charge in [-0.05, 0) is 47.2 Å². The lowest BCUT2D eigenvalue weighted by atomic mass is 9.98. The molecule has 0 spiro atoms. The van der Waals surface area contributed by atoms with E-state index in [1.807, 2.05) is 19.9 Å². The Balaban J connectivity index is 0.000000847. The van der Waals surface area contributed by atoms with Crippen molar-refractivity contribution >= 4 is 0 Å². The van der Waals surface area contributed by atoms with E-state index in [0.29, 0.717) is 0 Å². The molecule has 0 atom stereocenters. The Labute approximate surface area is 134 Å². The molecule has 0 aromatic heterocycles. The fourth-order valence-electron chi connectivity index (χ4n) is 2.41. The minimum atomic E-state index is 1.26. The van der Waals surface area contributed by atoms with Gasteiger partial charge in [0.25, 0.3) is 0 Å². The second-order valence-corrected chi connectivity index (χ2v) is 5.24. The monoisotopic (exact) mass is 288 g/mol. The van der Waals surface area contributed by atoms with Gasteiger partial charge in [0.2, 0.25) is 0 Å². The quantitative estimate of drug-likeness (QED) is 0.494. The molecule has 0 amide bonds. The Hall–Kier alpha value is -2.34. The molecule has 0 aliphatic heterocycles. The van der Waals surface area contributed by atoms with Gasteiger partial charge in [-0.15, -0.1) is 0 Å². The summed E-state index contributed by atoms with van der Waals surface area (Å²) >= 11 is 0. The van der Waals surface area contributed by atoms with Gasteiger partial charge in [-0.3, -0.25) is 0 Å². The van der Waals surface area contributed by atoms with Gasteiger partial charge in [-0.2, -0.15) is 0 Å². The molecule has 22 heavy (non-hydrogen) atoms. The summed E-state index contributed by atoms with van der Waals surface area (Å²) < 4.78 is 0. The molecule has 0 fully saturated rings. The minimum Gasteiger partial charge on any atom is -0.0683 e. The van der Waals surface area contributed by atoms with Gasteiger partial charge in [0, 0.05) is 0 Å². The van der Waals surface area contributed by atoms with Crippen molar-refractivity contribution in [2.24, 2.45) is 0 Å². The molecule has 0 aliphatic carbocycles. The predicted molar refractivity (Wildman–Crippen MR) is 98.1 cm³/mol. The standard InChI is InChI=1S/C20H18.C2H6/c1-15-8-9-20(14-16(15)2)19-12-10-18(11-13-19)17-6-4-3-5-7-17;1-2/h3-14H,1-2H3;1-2H3. The molecule has 0 saturated heterocycles. The van der Waals surface area contributed by atoms with E-state index in [-0.39, 0.29) is 0 Å². The van der Waals surface area contributed by atoms with Crippen LogP contribution in [0.4, 0.5) is 0 Å². The van der Waals surface area contributed by atoms with Crippen molar-refractivity contribution in [3.8, 4) is 22.3 Å². The largest absolute Gasteiger partial charge is 0.0683 e.